The zero-order valence-electron chi connectivity index (χ0n) is 9.46. The normalized spacial score (nSPS) is 27.2. The minimum atomic E-state index is 0.514. The van der Waals surface area contributed by atoms with Crippen molar-refractivity contribution in [2.45, 2.75) is 57.2 Å². The highest BCUT2D eigenvalue weighted by Gasteiger charge is 2.27. The van der Waals surface area contributed by atoms with E-state index >= 15 is 0 Å². The van der Waals surface area contributed by atoms with E-state index in [2.05, 4.69) is 31.0 Å². The number of hydrogen-bond donors (Lipinski definition) is 2. The molecule has 1 rings (SSSR count). The summed E-state index contributed by atoms with van der Waals surface area (Å²) in [5.41, 5.74) is 3.04. The molecule has 0 radical (unpaired) electrons. The van der Waals surface area contributed by atoms with Gasteiger partial charge in [0.1, 0.15) is 0 Å². The Balaban J connectivity index is 2.41. The number of nitrogens with one attached hydrogen (secondary N) is 1. The number of thioether (sulfide) groups is 1. The maximum absolute atomic E-state index is 5.67. The van der Waals surface area contributed by atoms with Crippen LogP contribution in [-0.2, 0) is 0 Å². The number of hydrazine groups is 1. The maximum Gasteiger partial charge on any atom is 0.0354 e. The lowest BCUT2D eigenvalue weighted by atomic mass is 9.92. The molecule has 3 heteroatoms. The molecule has 0 spiro atoms. The van der Waals surface area contributed by atoms with Crippen LogP contribution in [-0.4, -0.2) is 17.0 Å². The second-order valence-electron chi connectivity index (χ2n) is 4.36. The topological polar surface area (TPSA) is 38.0 Å². The molecular weight excluding hydrogens is 192 g/mol. The Kier molecular flexibility index (Phi) is 5.90. The minimum absolute atomic E-state index is 0.514. The maximum atomic E-state index is 5.67. The highest BCUT2D eigenvalue weighted by atomic mass is 32.2. The summed E-state index contributed by atoms with van der Waals surface area (Å²) in [6.45, 7) is 4.57. The fraction of sp³-hybridized carbons (Fsp3) is 1.00. The minimum Gasteiger partial charge on any atom is -0.271 e. The van der Waals surface area contributed by atoms with Crippen LogP contribution in [0.25, 0.3) is 0 Å². The van der Waals surface area contributed by atoms with Crippen molar-refractivity contribution >= 4 is 11.8 Å². The molecule has 1 saturated heterocycles. The van der Waals surface area contributed by atoms with Gasteiger partial charge >= 0.3 is 0 Å². The van der Waals surface area contributed by atoms with Crippen LogP contribution in [0.15, 0.2) is 0 Å². The molecule has 14 heavy (non-hydrogen) atoms. The van der Waals surface area contributed by atoms with E-state index in [1.165, 1.54) is 37.9 Å². The van der Waals surface area contributed by atoms with Gasteiger partial charge in [0.25, 0.3) is 0 Å². The third-order valence-corrected chi connectivity index (χ3v) is 4.65. The van der Waals surface area contributed by atoms with E-state index in [4.69, 9.17) is 5.84 Å². The highest BCUT2D eigenvalue weighted by molar-refractivity contribution is 8.00. The Morgan fingerprint density at radius 1 is 1.50 bits per heavy atom. The van der Waals surface area contributed by atoms with E-state index in [1.807, 2.05) is 0 Å². The summed E-state index contributed by atoms with van der Waals surface area (Å²) in [6, 6.07) is 0.514. The van der Waals surface area contributed by atoms with Crippen LogP contribution < -0.4 is 11.3 Å². The lowest BCUT2D eigenvalue weighted by Gasteiger charge is -2.33. The van der Waals surface area contributed by atoms with Gasteiger partial charge in [-0.15, -0.1) is 0 Å². The molecule has 0 aromatic carbocycles. The van der Waals surface area contributed by atoms with Crippen molar-refractivity contribution in [2.24, 2.45) is 11.8 Å². The van der Waals surface area contributed by atoms with E-state index in [0.29, 0.717) is 12.0 Å². The van der Waals surface area contributed by atoms with Gasteiger partial charge in [0.2, 0.25) is 0 Å². The molecule has 0 aliphatic carbocycles. The molecule has 84 valence electrons. The average Bonchev–Trinajstić information content (AvgIpc) is 2.21. The second-order valence-corrected chi connectivity index (χ2v) is 5.71. The predicted molar refractivity (Wildman–Crippen MR) is 65.3 cm³/mol. The number of hydrogen-bond acceptors (Lipinski definition) is 3. The highest BCUT2D eigenvalue weighted by Crippen LogP contribution is 2.31. The van der Waals surface area contributed by atoms with Gasteiger partial charge in [-0.05, 0) is 30.9 Å². The molecule has 0 aromatic heterocycles. The number of rotatable bonds is 5. The first-order valence-electron chi connectivity index (χ1n) is 5.87. The van der Waals surface area contributed by atoms with E-state index in [0.717, 1.165) is 5.25 Å². The molecule has 1 fully saturated rings. The van der Waals surface area contributed by atoms with Gasteiger partial charge in [-0.3, -0.25) is 11.3 Å². The van der Waals surface area contributed by atoms with Gasteiger partial charge < -0.3 is 0 Å². The van der Waals surface area contributed by atoms with Crippen LogP contribution >= 0.6 is 11.8 Å². The molecule has 2 nitrogen and oxygen atoms in total. The van der Waals surface area contributed by atoms with Crippen LogP contribution in [0.2, 0.25) is 0 Å². The molecule has 1 aliphatic rings. The molecule has 1 aliphatic heterocycles. The molecule has 0 bridgehead atoms. The van der Waals surface area contributed by atoms with E-state index in [-0.39, 0.29) is 0 Å². The third-order valence-electron chi connectivity index (χ3n) is 3.16. The molecule has 1 heterocycles. The average molecular weight is 216 g/mol. The third kappa shape index (κ3) is 3.44. The van der Waals surface area contributed by atoms with Gasteiger partial charge in [0.15, 0.2) is 0 Å². The molecular formula is C11H24N2S. The summed E-state index contributed by atoms with van der Waals surface area (Å²) in [4.78, 5) is 0. The van der Waals surface area contributed by atoms with Gasteiger partial charge in [-0.25, -0.2) is 0 Å². The van der Waals surface area contributed by atoms with E-state index < -0.39 is 0 Å². The summed E-state index contributed by atoms with van der Waals surface area (Å²) < 4.78 is 0. The summed E-state index contributed by atoms with van der Waals surface area (Å²) >= 11 is 2.11. The predicted octanol–water partition coefficient (Wildman–Crippen LogP) is 2.54. The van der Waals surface area contributed by atoms with Crippen molar-refractivity contribution in [1.82, 2.24) is 5.43 Å². The van der Waals surface area contributed by atoms with E-state index in [9.17, 15) is 0 Å². The zero-order valence-corrected chi connectivity index (χ0v) is 10.3. The zero-order chi connectivity index (χ0) is 10.4. The first-order chi connectivity index (χ1) is 6.79. The van der Waals surface area contributed by atoms with Gasteiger partial charge in [-0.1, -0.05) is 26.7 Å². The quantitative estimate of drug-likeness (QED) is 0.548. The van der Waals surface area contributed by atoms with Crippen molar-refractivity contribution in [2.75, 3.05) is 5.75 Å². The molecule has 3 N–H and O–H groups in total. The molecule has 0 aromatic rings. The second kappa shape index (κ2) is 6.70. The lowest BCUT2D eigenvalue weighted by molar-refractivity contribution is 0.337. The van der Waals surface area contributed by atoms with Gasteiger partial charge in [0, 0.05) is 11.3 Å². The van der Waals surface area contributed by atoms with Crippen LogP contribution in [0.3, 0.4) is 0 Å². The van der Waals surface area contributed by atoms with Crippen LogP contribution in [0.4, 0.5) is 0 Å². The first-order valence-corrected chi connectivity index (χ1v) is 6.92. The fourth-order valence-corrected chi connectivity index (χ4v) is 3.88. The van der Waals surface area contributed by atoms with Crippen LogP contribution in [0, 0.1) is 5.92 Å². The van der Waals surface area contributed by atoms with E-state index in [1.54, 1.807) is 0 Å². The smallest absolute Gasteiger partial charge is 0.0354 e. The van der Waals surface area contributed by atoms with Gasteiger partial charge in [-0.2, -0.15) is 11.8 Å². The lowest BCUT2D eigenvalue weighted by Crippen LogP contribution is -2.47. The summed E-state index contributed by atoms with van der Waals surface area (Å²) in [6.07, 6.45) is 6.66. The molecule has 0 saturated carbocycles. The summed E-state index contributed by atoms with van der Waals surface area (Å²) in [5, 5.41) is 0.746. The van der Waals surface area contributed by atoms with Crippen molar-refractivity contribution in [1.29, 1.82) is 0 Å². The van der Waals surface area contributed by atoms with Crippen molar-refractivity contribution in [3.05, 3.63) is 0 Å². The van der Waals surface area contributed by atoms with Crippen molar-refractivity contribution in [3.8, 4) is 0 Å². The van der Waals surface area contributed by atoms with Crippen molar-refractivity contribution in [3.63, 3.8) is 0 Å². The Bertz CT molecular complexity index is 146. The molecule has 0 amide bonds. The standard InChI is InChI=1S/C11H24N2S/c1-3-6-9(2)11(13-12)10-7-4-5-8-14-10/h9-11,13H,3-8,12H2,1-2H3. The molecule has 3 atom stereocenters. The van der Waals surface area contributed by atoms with Crippen LogP contribution in [0.1, 0.15) is 46.0 Å². The van der Waals surface area contributed by atoms with Crippen LogP contribution in [0.5, 0.6) is 0 Å². The SMILES string of the molecule is CCCC(C)C(NN)C1CCCCS1. The molecule has 3 unspecified atom stereocenters. The van der Waals surface area contributed by atoms with Crippen molar-refractivity contribution < 1.29 is 0 Å². The summed E-state index contributed by atoms with van der Waals surface area (Å²) in [7, 11) is 0. The Morgan fingerprint density at radius 3 is 2.79 bits per heavy atom. The first kappa shape index (κ1) is 12.3. The Morgan fingerprint density at radius 2 is 2.29 bits per heavy atom. The van der Waals surface area contributed by atoms with Gasteiger partial charge in [0.05, 0.1) is 0 Å². The number of nitrogens with two attached hydrogens (primary N) is 1. The Hall–Kier alpha value is 0.270. The monoisotopic (exact) mass is 216 g/mol. The Labute approximate surface area is 92.4 Å². The summed E-state index contributed by atoms with van der Waals surface area (Å²) in [5.74, 6) is 7.70. The largest absolute Gasteiger partial charge is 0.271 e. The fourth-order valence-electron chi connectivity index (χ4n) is 2.32.